The summed E-state index contributed by atoms with van der Waals surface area (Å²) >= 11 is 1.65. The first-order valence-electron chi connectivity index (χ1n) is 8.03. The van der Waals surface area contributed by atoms with Crippen molar-refractivity contribution in [1.29, 1.82) is 0 Å². The van der Waals surface area contributed by atoms with Gasteiger partial charge in [-0.1, -0.05) is 6.08 Å². The predicted molar refractivity (Wildman–Crippen MR) is 89.1 cm³/mol. The Morgan fingerprint density at radius 3 is 3.05 bits per heavy atom. The molecule has 4 nitrogen and oxygen atoms in total. The fourth-order valence-corrected chi connectivity index (χ4v) is 4.15. The second-order valence-corrected chi connectivity index (χ2v) is 6.81. The molecule has 120 valence electrons. The van der Waals surface area contributed by atoms with Crippen molar-refractivity contribution in [1.82, 2.24) is 9.80 Å². The molecule has 1 aromatic rings. The van der Waals surface area contributed by atoms with Crippen molar-refractivity contribution in [2.75, 3.05) is 32.8 Å². The molecule has 2 fully saturated rings. The highest BCUT2D eigenvalue weighted by atomic mass is 32.1. The zero-order chi connectivity index (χ0) is 15.4. The van der Waals surface area contributed by atoms with E-state index in [4.69, 9.17) is 4.74 Å². The average molecular weight is 320 g/mol. The van der Waals surface area contributed by atoms with Crippen molar-refractivity contribution < 1.29 is 9.53 Å². The number of fused-ring (bicyclic) bond motifs is 1. The number of hydrogen-bond acceptors (Lipinski definition) is 4. The predicted octanol–water partition coefficient (Wildman–Crippen LogP) is 2.17. The second kappa shape index (κ2) is 7.40. The highest BCUT2D eigenvalue weighted by Crippen LogP contribution is 2.24. The Morgan fingerprint density at radius 2 is 2.27 bits per heavy atom. The standard InChI is InChI=1S/C17H24N2O2S/c1-2-6-18-9-10-21-16-4-8-19(7-3-15(16)18)17(20)12-14-5-11-22-13-14/h2,5,11,13,15-16H,1,3-4,6-10,12H2/t15-,16-/m1/s1. The lowest BCUT2D eigenvalue weighted by molar-refractivity contribution is -0.130. The fraction of sp³-hybridized carbons (Fsp3) is 0.588. The van der Waals surface area contributed by atoms with Gasteiger partial charge in [0, 0.05) is 32.2 Å². The summed E-state index contributed by atoms with van der Waals surface area (Å²) in [5.74, 6) is 0.243. The van der Waals surface area contributed by atoms with Crippen LogP contribution < -0.4 is 0 Å². The summed E-state index contributed by atoms with van der Waals surface area (Å²) in [5.41, 5.74) is 1.13. The minimum Gasteiger partial charge on any atom is -0.375 e. The third-order valence-corrected chi connectivity index (χ3v) is 5.37. The van der Waals surface area contributed by atoms with Crippen molar-refractivity contribution in [2.45, 2.75) is 31.4 Å². The Labute approximate surface area is 136 Å². The molecular formula is C17H24N2O2S. The number of carbonyl (C=O) groups excluding carboxylic acids is 1. The van der Waals surface area contributed by atoms with Crippen LogP contribution in [0.4, 0.5) is 0 Å². The third-order valence-electron chi connectivity index (χ3n) is 4.64. The van der Waals surface area contributed by atoms with Gasteiger partial charge in [-0.15, -0.1) is 6.58 Å². The van der Waals surface area contributed by atoms with Gasteiger partial charge in [0.25, 0.3) is 0 Å². The molecule has 0 unspecified atom stereocenters. The summed E-state index contributed by atoms with van der Waals surface area (Å²) in [4.78, 5) is 17.0. The number of likely N-dealkylation sites (tertiary alicyclic amines) is 1. The van der Waals surface area contributed by atoms with Crippen LogP contribution in [0.3, 0.4) is 0 Å². The molecule has 3 rings (SSSR count). The lowest BCUT2D eigenvalue weighted by Gasteiger charge is -2.39. The van der Waals surface area contributed by atoms with E-state index in [9.17, 15) is 4.79 Å². The van der Waals surface area contributed by atoms with Gasteiger partial charge in [-0.05, 0) is 35.2 Å². The molecule has 0 spiro atoms. The number of nitrogens with zero attached hydrogens (tertiary/aromatic N) is 2. The van der Waals surface area contributed by atoms with Gasteiger partial charge in [0.15, 0.2) is 0 Å². The molecule has 2 aliphatic rings. The first kappa shape index (κ1) is 15.7. The molecule has 2 atom stereocenters. The first-order chi connectivity index (χ1) is 10.8. The highest BCUT2D eigenvalue weighted by Gasteiger charge is 2.34. The Balaban J connectivity index is 1.61. The van der Waals surface area contributed by atoms with E-state index >= 15 is 0 Å². The van der Waals surface area contributed by atoms with Crippen molar-refractivity contribution in [3.8, 4) is 0 Å². The van der Waals surface area contributed by atoms with Crippen molar-refractivity contribution in [3.05, 3.63) is 35.0 Å². The summed E-state index contributed by atoms with van der Waals surface area (Å²) < 4.78 is 5.96. The van der Waals surface area contributed by atoms with Crippen molar-refractivity contribution in [3.63, 3.8) is 0 Å². The fourth-order valence-electron chi connectivity index (χ4n) is 3.48. The van der Waals surface area contributed by atoms with E-state index in [1.807, 2.05) is 22.4 Å². The molecule has 2 aliphatic heterocycles. The summed E-state index contributed by atoms with van der Waals surface area (Å²) in [7, 11) is 0. The van der Waals surface area contributed by atoms with Crippen LogP contribution in [-0.4, -0.2) is 60.6 Å². The number of morpholine rings is 1. The summed E-state index contributed by atoms with van der Waals surface area (Å²) in [6, 6.07) is 2.46. The van der Waals surface area contributed by atoms with E-state index in [2.05, 4.69) is 16.9 Å². The van der Waals surface area contributed by atoms with Gasteiger partial charge < -0.3 is 9.64 Å². The summed E-state index contributed by atoms with van der Waals surface area (Å²) in [6.07, 6.45) is 4.68. The molecule has 0 bridgehead atoms. The molecule has 22 heavy (non-hydrogen) atoms. The van der Waals surface area contributed by atoms with Gasteiger partial charge in [-0.25, -0.2) is 0 Å². The third kappa shape index (κ3) is 3.59. The zero-order valence-corrected chi connectivity index (χ0v) is 13.8. The molecule has 1 aromatic heterocycles. The Hall–Kier alpha value is -1.17. The van der Waals surface area contributed by atoms with Crippen LogP contribution in [0.15, 0.2) is 29.5 Å². The van der Waals surface area contributed by atoms with Crippen LogP contribution >= 0.6 is 11.3 Å². The van der Waals surface area contributed by atoms with Crippen molar-refractivity contribution in [2.24, 2.45) is 0 Å². The van der Waals surface area contributed by atoms with E-state index in [1.54, 1.807) is 11.3 Å². The van der Waals surface area contributed by atoms with E-state index in [-0.39, 0.29) is 12.0 Å². The molecule has 5 heteroatoms. The maximum Gasteiger partial charge on any atom is 0.227 e. The molecule has 0 radical (unpaired) electrons. The second-order valence-electron chi connectivity index (χ2n) is 6.03. The van der Waals surface area contributed by atoms with E-state index in [0.717, 1.165) is 51.2 Å². The molecule has 3 heterocycles. The number of carbonyl (C=O) groups is 1. The molecule has 0 N–H and O–H groups in total. The average Bonchev–Trinajstić information content (AvgIpc) is 2.92. The normalized spacial score (nSPS) is 26.3. The molecule has 0 aliphatic carbocycles. The molecular weight excluding hydrogens is 296 g/mol. The van der Waals surface area contributed by atoms with Gasteiger partial charge >= 0.3 is 0 Å². The van der Waals surface area contributed by atoms with Crippen LogP contribution in [0.25, 0.3) is 0 Å². The SMILES string of the molecule is C=CCN1CCO[C@@H]2CCN(C(=O)Cc3ccsc3)CC[C@H]21. The van der Waals surface area contributed by atoms with Gasteiger partial charge in [-0.3, -0.25) is 9.69 Å². The minimum absolute atomic E-state index is 0.243. The molecule has 0 aromatic carbocycles. The quantitative estimate of drug-likeness (QED) is 0.797. The van der Waals surface area contributed by atoms with Crippen LogP contribution in [0.1, 0.15) is 18.4 Å². The zero-order valence-electron chi connectivity index (χ0n) is 12.9. The van der Waals surface area contributed by atoms with E-state index in [1.165, 1.54) is 0 Å². The van der Waals surface area contributed by atoms with Gasteiger partial charge in [-0.2, -0.15) is 11.3 Å². The van der Waals surface area contributed by atoms with Crippen LogP contribution in [0, 0.1) is 0 Å². The van der Waals surface area contributed by atoms with Crippen molar-refractivity contribution >= 4 is 17.2 Å². The summed E-state index contributed by atoms with van der Waals surface area (Å²) in [5, 5.41) is 4.09. The number of amides is 1. The van der Waals surface area contributed by atoms with Gasteiger partial charge in [0.1, 0.15) is 0 Å². The Bertz CT molecular complexity index is 503. The topological polar surface area (TPSA) is 32.8 Å². The monoisotopic (exact) mass is 320 g/mol. The largest absolute Gasteiger partial charge is 0.375 e. The minimum atomic E-state index is 0.243. The van der Waals surface area contributed by atoms with Crippen LogP contribution in [0.2, 0.25) is 0 Å². The van der Waals surface area contributed by atoms with E-state index < -0.39 is 0 Å². The summed E-state index contributed by atoms with van der Waals surface area (Å²) in [6.45, 7) is 8.17. The number of hydrogen-bond donors (Lipinski definition) is 0. The Morgan fingerprint density at radius 1 is 1.41 bits per heavy atom. The number of thiophene rings is 1. The molecule has 1 amide bonds. The first-order valence-corrected chi connectivity index (χ1v) is 8.97. The highest BCUT2D eigenvalue weighted by molar-refractivity contribution is 7.07. The maximum absolute atomic E-state index is 12.5. The smallest absolute Gasteiger partial charge is 0.227 e. The van der Waals surface area contributed by atoms with Crippen LogP contribution in [-0.2, 0) is 16.0 Å². The lowest BCUT2D eigenvalue weighted by atomic mass is 10.0. The van der Waals surface area contributed by atoms with E-state index in [0.29, 0.717) is 12.5 Å². The maximum atomic E-state index is 12.5. The van der Waals surface area contributed by atoms with Gasteiger partial charge in [0.2, 0.25) is 5.91 Å². The molecule has 2 saturated heterocycles. The number of ether oxygens (including phenoxy) is 1. The lowest BCUT2D eigenvalue weighted by Crippen LogP contribution is -2.51. The van der Waals surface area contributed by atoms with Crippen LogP contribution in [0.5, 0.6) is 0 Å². The van der Waals surface area contributed by atoms with Gasteiger partial charge in [0.05, 0.1) is 19.1 Å². The number of rotatable bonds is 4. The Kier molecular flexibility index (Phi) is 5.28. The molecule has 0 saturated carbocycles.